The highest BCUT2D eigenvalue weighted by Crippen LogP contribution is 2.43. The number of fused-ring (bicyclic) bond motifs is 1. The third-order valence-corrected chi connectivity index (χ3v) is 9.14. The fraction of sp³-hybridized carbons (Fsp3) is 0.583. The van der Waals surface area contributed by atoms with Gasteiger partial charge in [0.25, 0.3) is 5.88 Å². The monoisotopic (exact) mass is 533 g/mol. The van der Waals surface area contributed by atoms with E-state index in [1.165, 1.54) is 0 Å². The van der Waals surface area contributed by atoms with E-state index in [0.717, 1.165) is 31.7 Å². The zero-order chi connectivity index (χ0) is 25.7. The number of ether oxygens (including phenoxy) is 2. The SMILES string of the molecule is Cc1nccc(Oc2n[nH]c3nc(N4CCC5(CC4)CO[C@@H](C)[C@H]5N[S@@](=O)C(C)(C)C)cnc23)c1Cl. The van der Waals surface area contributed by atoms with Crippen LogP contribution < -0.4 is 14.4 Å². The lowest BCUT2D eigenvalue weighted by atomic mass is 9.73. The van der Waals surface area contributed by atoms with Crippen molar-refractivity contribution in [3.05, 3.63) is 29.2 Å². The molecule has 36 heavy (non-hydrogen) atoms. The number of anilines is 1. The number of aromatic amines is 1. The predicted molar refractivity (Wildman–Crippen MR) is 140 cm³/mol. The van der Waals surface area contributed by atoms with Gasteiger partial charge in [-0.3, -0.25) is 10.1 Å². The van der Waals surface area contributed by atoms with Crippen molar-refractivity contribution in [1.82, 2.24) is 29.9 Å². The Balaban J connectivity index is 1.30. The Labute approximate surface area is 218 Å². The fourth-order valence-electron chi connectivity index (χ4n) is 4.83. The summed E-state index contributed by atoms with van der Waals surface area (Å²) in [6, 6.07) is 1.73. The largest absolute Gasteiger partial charge is 0.434 e. The van der Waals surface area contributed by atoms with Crippen molar-refractivity contribution < 1.29 is 13.7 Å². The number of hydrogen-bond donors (Lipinski definition) is 2. The maximum atomic E-state index is 12.8. The van der Waals surface area contributed by atoms with Gasteiger partial charge in [-0.05, 0) is 47.5 Å². The predicted octanol–water partition coefficient (Wildman–Crippen LogP) is 3.93. The van der Waals surface area contributed by atoms with Crippen molar-refractivity contribution in [3.8, 4) is 11.6 Å². The molecule has 0 bridgehead atoms. The summed E-state index contributed by atoms with van der Waals surface area (Å²) in [5, 5.41) is 7.60. The van der Waals surface area contributed by atoms with E-state index in [4.69, 9.17) is 26.1 Å². The zero-order valence-electron chi connectivity index (χ0n) is 21.2. The van der Waals surface area contributed by atoms with Crippen LogP contribution in [0.15, 0.2) is 18.5 Å². The molecule has 3 atom stereocenters. The highest BCUT2D eigenvalue weighted by molar-refractivity contribution is 7.84. The van der Waals surface area contributed by atoms with Gasteiger partial charge in [-0.25, -0.2) is 18.9 Å². The molecule has 10 nitrogen and oxygen atoms in total. The van der Waals surface area contributed by atoms with Crippen LogP contribution in [0.25, 0.3) is 11.2 Å². The molecule has 2 aliphatic heterocycles. The van der Waals surface area contributed by atoms with Gasteiger partial charge in [0.2, 0.25) is 0 Å². The average Bonchev–Trinajstić information content (AvgIpc) is 3.38. The van der Waals surface area contributed by atoms with E-state index in [1.54, 1.807) is 18.5 Å². The summed E-state index contributed by atoms with van der Waals surface area (Å²) < 4.78 is 27.9. The summed E-state index contributed by atoms with van der Waals surface area (Å²) >= 11 is 6.31. The van der Waals surface area contributed by atoms with E-state index in [-0.39, 0.29) is 22.3 Å². The fourth-order valence-corrected chi connectivity index (χ4v) is 6.01. The van der Waals surface area contributed by atoms with Crippen molar-refractivity contribution in [1.29, 1.82) is 0 Å². The van der Waals surface area contributed by atoms with E-state index >= 15 is 0 Å². The van der Waals surface area contributed by atoms with Gasteiger partial charge in [0, 0.05) is 30.8 Å². The smallest absolute Gasteiger partial charge is 0.266 e. The minimum Gasteiger partial charge on any atom is -0.434 e. The van der Waals surface area contributed by atoms with Gasteiger partial charge in [0.05, 0.1) is 46.4 Å². The van der Waals surface area contributed by atoms with Crippen LogP contribution in [0.4, 0.5) is 5.82 Å². The zero-order valence-corrected chi connectivity index (χ0v) is 22.7. The molecular formula is C24H32ClN7O3S. The van der Waals surface area contributed by atoms with Gasteiger partial charge < -0.3 is 14.4 Å². The molecule has 5 heterocycles. The maximum absolute atomic E-state index is 12.8. The van der Waals surface area contributed by atoms with Crippen LogP contribution in [0.1, 0.15) is 46.2 Å². The normalized spacial score (nSPS) is 22.9. The van der Waals surface area contributed by atoms with Gasteiger partial charge in [-0.15, -0.1) is 5.10 Å². The number of hydrogen-bond acceptors (Lipinski definition) is 8. The molecule has 194 valence electrons. The molecular weight excluding hydrogens is 502 g/mol. The summed E-state index contributed by atoms with van der Waals surface area (Å²) in [6.07, 6.45) is 5.22. The van der Waals surface area contributed by atoms with Crippen molar-refractivity contribution in [3.63, 3.8) is 0 Å². The maximum Gasteiger partial charge on any atom is 0.266 e. The molecule has 2 N–H and O–H groups in total. The standard InChI is InChI=1S/C24H32ClN7O3S/c1-14-18(25)16(6-9-26-14)35-22-19-21(29-30-22)28-17(12-27-19)32-10-7-24(8-11-32)13-34-15(2)20(24)31-36(33)23(3,4)5/h6,9,12,15,20,31H,7-8,10-11,13H2,1-5H3,(H,28,29,30)/t15-,20+,36-/m0/s1. The summed E-state index contributed by atoms with van der Waals surface area (Å²) in [5.74, 6) is 1.56. The Kier molecular flexibility index (Phi) is 6.69. The molecule has 0 radical (unpaired) electrons. The number of aromatic nitrogens is 5. The van der Waals surface area contributed by atoms with Crippen LogP contribution in [0.2, 0.25) is 5.02 Å². The Bertz CT molecular complexity index is 1290. The second-order valence-corrected chi connectivity index (χ2v) is 13.0. The number of rotatable bonds is 5. The van der Waals surface area contributed by atoms with Crippen LogP contribution in [-0.2, 0) is 15.7 Å². The van der Waals surface area contributed by atoms with Crippen molar-refractivity contribution in [2.75, 3.05) is 24.6 Å². The molecule has 12 heteroatoms. The van der Waals surface area contributed by atoms with Gasteiger partial charge in [0.1, 0.15) is 10.8 Å². The Hall–Kier alpha value is -2.34. The lowest BCUT2D eigenvalue weighted by molar-refractivity contribution is 0.0973. The van der Waals surface area contributed by atoms with Gasteiger partial charge in [0.15, 0.2) is 16.9 Å². The lowest BCUT2D eigenvalue weighted by Crippen LogP contribution is -2.55. The Morgan fingerprint density at radius 1 is 1.31 bits per heavy atom. The van der Waals surface area contributed by atoms with Crippen LogP contribution in [0.5, 0.6) is 11.6 Å². The molecule has 0 unspecified atom stereocenters. The molecule has 0 aliphatic carbocycles. The molecule has 1 spiro atoms. The molecule has 0 amide bonds. The van der Waals surface area contributed by atoms with Crippen molar-refractivity contribution >= 4 is 39.6 Å². The van der Waals surface area contributed by atoms with Gasteiger partial charge in [-0.2, -0.15) is 0 Å². The van der Waals surface area contributed by atoms with Gasteiger partial charge in [-0.1, -0.05) is 11.6 Å². The highest BCUT2D eigenvalue weighted by Gasteiger charge is 2.50. The first-order valence-electron chi connectivity index (χ1n) is 12.1. The van der Waals surface area contributed by atoms with Crippen molar-refractivity contribution in [2.45, 2.75) is 64.4 Å². The van der Waals surface area contributed by atoms with Crippen LogP contribution in [-0.4, -0.2) is 65.9 Å². The lowest BCUT2D eigenvalue weighted by Gasteiger charge is -2.43. The number of H-pyrrole nitrogens is 1. The van der Waals surface area contributed by atoms with E-state index in [1.807, 2.05) is 27.7 Å². The quantitative estimate of drug-likeness (QED) is 0.506. The number of aryl methyl sites for hydroxylation is 1. The minimum absolute atomic E-state index is 0.0140. The van der Waals surface area contributed by atoms with Crippen LogP contribution in [0, 0.1) is 12.3 Å². The number of piperidine rings is 1. The third kappa shape index (κ3) is 4.69. The number of nitrogens with one attached hydrogen (secondary N) is 2. The van der Waals surface area contributed by atoms with Crippen LogP contribution >= 0.6 is 11.6 Å². The minimum atomic E-state index is -1.15. The molecule has 3 aromatic rings. The summed E-state index contributed by atoms with van der Waals surface area (Å²) in [6.45, 7) is 12.1. The molecule has 0 aromatic carbocycles. The highest BCUT2D eigenvalue weighted by atomic mass is 35.5. The first-order chi connectivity index (χ1) is 17.1. The average molecular weight is 534 g/mol. The molecule has 2 aliphatic rings. The number of halogens is 1. The molecule has 2 fully saturated rings. The summed E-state index contributed by atoms with van der Waals surface area (Å²) in [4.78, 5) is 15.7. The van der Waals surface area contributed by atoms with Gasteiger partial charge >= 0.3 is 0 Å². The Morgan fingerprint density at radius 2 is 2.06 bits per heavy atom. The van der Waals surface area contributed by atoms with E-state index in [9.17, 15) is 4.21 Å². The third-order valence-electron chi connectivity index (χ3n) is 7.10. The number of nitrogens with zero attached hydrogens (tertiary/aromatic N) is 5. The Morgan fingerprint density at radius 3 is 2.78 bits per heavy atom. The van der Waals surface area contributed by atoms with Crippen molar-refractivity contribution in [2.24, 2.45) is 5.41 Å². The molecule has 2 saturated heterocycles. The molecule has 0 saturated carbocycles. The van der Waals surface area contributed by atoms with Crippen LogP contribution in [0.3, 0.4) is 0 Å². The summed E-state index contributed by atoms with van der Waals surface area (Å²) in [5.41, 5.74) is 1.70. The summed E-state index contributed by atoms with van der Waals surface area (Å²) in [7, 11) is -1.15. The molecule has 5 rings (SSSR count). The number of pyridine rings is 1. The van der Waals surface area contributed by atoms with E-state index < -0.39 is 11.0 Å². The second kappa shape index (κ2) is 9.51. The van der Waals surface area contributed by atoms with E-state index in [0.29, 0.717) is 40.1 Å². The second-order valence-electron chi connectivity index (χ2n) is 10.6. The topological polar surface area (TPSA) is 118 Å². The first-order valence-corrected chi connectivity index (χ1v) is 13.6. The molecule has 3 aromatic heterocycles. The first kappa shape index (κ1) is 25.3. The van der Waals surface area contributed by atoms with E-state index in [2.05, 4.69) is 36.7 Å².